The van der Waals surface area contributed by atoms with E-state index in [-0.39, 0.29) is 63.9 Å². The van der Waals surface area contributed by atoms with Crippen molar-refractivity contribution in [3.8, 4) is 24.7 Å². The van der Waals surface area contributed by atoms with E-state index in [0.29, 0.717) is 98.7 Å². The lowest BCUT2D eigenvalue weighted by atomic mass is 10.0. The molecule has 1 atom stereocenters. The van der Waals surface area contributed by atoms with Crippen LogP contribution in [0.5, 0.6) is 0 Å². The van der Waals surface area contributed by atoms with Crippen LogP contribution in [-0.4, -0.2) is 149 Å². The summed E-state index contributed by atoms with van der Waals surface area (Å²) in [6, 6.07) is 0.0224. The molecule has 4 N–H and O–H groups in total. The molecule has 0 unspecified atom stereocenters. The monoisotopic (exact) mass is 659 g/mol. The average molecular weight is 660 g/mol. The molecule has 0 spiro atoms. The minimum Gasteiger partial charge on any atom is -0.379 e. The van der Waals surface area contributed by atoms with E-state index in [9.17, 15) is 9.59 Å². The Morgan fingerprint density at radius 3 is 1.52 bits per heavy atom. The molecule has 266 valence electrons. The highest BCUT2D eigenvalue weighted by Gasteiger charge is 2.33. The van der Waals surface area contributed by atoms with Crippen LogP contribution in [0.1, 0.15) is 33.1 Å². The highest BCUT2D eigenvalue weighted by atomic mass is 16.6. The fraction of sp³-hybridized carbons (Fsp3) is 0.812. The third kappa shape index (κ3) is 29.1. The van der Waals surface area contributed by atoms with Gasteiger partial charge >= 0.3 is 0 Å². The fourth-order valence-corrected chi connectivity index (χ4v) is 3.58. The summed E-state index contributed by atoms with van der Waals surface area (Å²) in [5.41, 5.74) is 4.70. The van der Waals surface area contributed by atoms with Crippen LogP contribution < -0.4 is 16.4 Å². The predicted molar refractivity (Wildman–Crippen MR) is 172 cm³/mol. The van der Waals surface area contributed by atoms with Gasteiger partial charge in [-0.1, -0.05) is 11.8 Å². The maximum atomic E-state index is 12.6. The number of terminal acetylenes is 2. The van der Waals surface area contributed by atoms with Gasteiger partial charge in [-0.3, -0.25) is 9.59 Å². The number of hydrogen-bond acceptors (Lipinski definition) is 12. The van der Waals surface area contributed by atoms with Gasteiger partial charge in [0.1, 0.15) is 18.8 Å². The summed E-state index contributed by atoms with van der Waals surface area (Å²) in [6.45, 7) is 10.2. The van der Waals surface area contributed by atoms with Crippen molar-refractivity contribution in [2.45, 2.75) is 44.7 Å². The molecule has 46 heavy (non-hydrogen) atoms. The Morgan fingerprint density at radius 1 is 0.652 bits per heavy atom. The number of nitrogens with two attached hydrogens (primary N) is 1. The molecule has 0 aliphatic rings. The van der Waals surface area contributed by atoms with Gasteiger partial charge in [-0.2, -0.15) is 0 Å². The van der Waals surface area contributed by atoms with Gasteiger partial charge in [-0.15, -0.1) is 12.8 Å². The highest BCUT2D eigenvalue weighted by Crippen LogP contribution is 2.10. The summed E-state index contributed by atoms with van der Waals surface area (Å²) in [7, 11) is 0. The molecular weight excluding hydrogens is 602 g/mol. The topological polar surface area (TPSA) is 167 Å². The first-order valence-electron chi connectivity index (χ1n) is 15.8. The molecular formula is C32H57N3O11. The van der Waals surface area contributed by atoms with Crippen LogP contribution >= 0.6 is 0 Å². The lowest BCUT2D eigenvalue weighted by molar-refractivity contribution is -0.128. The molecule has 0 aromatic heterocycles. The Balaban J connectivity index is 3.68. The quantitative estimate of drug-likeness (QED) is 0.0622. The van der Waals surface area contributed by atoms with E-state index >= 15 is 0 Å². The molecule has 0 aromatic carbocycles. The van der Waals surface area contributed by atoms with Crippen molar-refractivity contribution >= 4 is 11.8 Å². The van der Waals surface area contributed by atoms with Crippen molar-refractivity contribution in [1.82, 2.24) is 10.6 Å². The molecule has 0 aromatic rings. The van der Waals surface area contributed by atoms with Crippen molar-refractivity contribution in [3.05, 3.63) is 0 Å². The van der Waals surface area contributed by atoms with E-state index in [0.717, 1.165) is 0 Å². The van der Waals surface area contributed by atoms with Gasteiger partial charge in [0.15, 0.2) is 0 Å². The van der Waals surface area contributed by atoms with Gasteiger partial charge in [0.05, 0.1) is 99.1 Å². The molecule has 0 saturated heterocycles. The first-order valence-corrected chi connectivity index (χ1v) is 15.8. The van der Waals surface area contributed by atoms with Gasteiger partial charge in [-0.25, -0.2) is 0 Å². The summed E-state index contributed by atoms with van der Waals surface area (Å²) >= 11 is 0. The number of hydrogen-bond donors (Lipinski definition) is 3. The second kappa shape index (κ2) is 32.6. The lowest BCUT2D eigenvalue weighted by Crippen LogP contribution is -2.58. The van der Waals surface area contributed by atoms with Crippen LogP contribution in [0.25, 0.3) is 0 Å². The van der Waals surface area contributed by atoms with Gasteiger partial charge in [0, 0.05) is 32.0 Å². The summed E-state index contributed by atoms with van der Waals surface area (Å²) in [6.07, 6.45) is 11.8. The zero-order valence-electron chi connectivity index (χ0n) is 27.9. The van der Waals surface area contributed by atoms with Crippen LogP contribution in [0.15, 0.2) is 0 Å². The zero-order chi connectivity index (χ0) is 34.0. The molecule has 0 radical (unpaired) electrons. The highest BCUT2D eigenvalue weighted by molar-refractivity contribution is 5.77. The van der Waals surface area contributed by atoms with Crippen molar-refractivity contribution in [1.29, 1.82) is 0 Å². The van der Waals surface area contributed by atoms with Crippen LogP contribution in [0, 0.1) is 24.7 Å². The Labute approximate surface area is 275 Å². The number of nitrogens with one attached hydrogen (secondary N) is 2. The smallest absolute Gasteiger partial charge is 0.222 e. The Morgan fingerprint density at radius 2 is 1.09 bits per heavy atom. The Bertz CT molecular complexity index is 798. The Hall–Kier alpha value is -2.34. The van der Waals surface area contributed by atoms with Gasteiger partial charge < -0.3 is 59.0 Å². The second-order valence-corrected chi connectivity index (χ2v) is 10.1. The van der Waals surface area contributed by atoms with Crippen molar-refractivity contribution in [3.63, 3.8) is 0 Å². The zero-order valence-corrected chi connectivity index (χ0v) is 27.9. The fourth-order valence-electron chi connectivity index (χ4n) is 3.58. The van der Waals surface area contributed by atoms with Crippen LogP contribution in [0.2, 0.25) is 0 Å². The third-order valence-electron chi connectivity index (χ3n) is 5.84. The van der Waals surface area contributed by atoms with Crippen LogP contribution in [-0.2, 0) is 52.2 Å². The number of carbonyl (C=O) groups is 2. The van der Waals surface area contributed by atoms with E-state index in [1.165, 1.54) is 0 Å². The molecule has 0 saturated carbocycles. The summed E-state index contributed by atoms with van der Waals surface area (Å²) in [5.74, 6) is 4.55. The van der Waals surface area contributed by atoms with Crippen molar-refractivity contribution < 1.29 is 52.2 Å². The van der Waals surface area contributed by atoms with Gasteiger partial charge in [-0.05, 0) is 20.3 Å². The largest absolute Gasteiger partial charge is 0.379 e. The van der Waals surface area contributed by atoms with Crippen molar-refractivity contribution in [2.75, 3.05) is 125 Å². The predicted octanol–water partition coefficient (Wildman–Crippen LogP) is -0.0892. The van der Waals surface area contributed by atoms with E-state index in [4.69, 9.17) is 61.2 Å². The summed E-state index contributed by atoms with van der Waals surface area (Å²) in [5, 5.41) is 5.72. The molecule has 14 nitrogen and oxygen atoms in total. The average Bonchev–Trinajstić information content (AvgIpc) is 3.03. The maximum Gasteiger partial charge on any atom is 0.222 e. The van der Waals surface area contributed by atoms with E-state index in [1.807, 2.05) is 13.8 Å². The normalized spacial score (nSPS) is 11.9. The lowest BCUT2D eigenvalue weighted by Gasteiger charge is -2.33. The molecule has 0 bridgehead atoms. The molecule has 0 rings (SSSR count). The summed E-state index contributed by atoms with van der Waals surface area (Å²) < 4.78 is 49.3. The standard InChI is InChI=1S/C32H57N3O11/c1-5-12-45-27-32(26-38-7-3,28-46-13-6-2)35-31(37)10-14-39-16-18-41-20-22-43-24-25-44-23-21-42-19-17-40-15-11-34-30(36)9-8-29(4)33/h1-2,29H,7-28,33H2,3-4H3,(H,34,36)(H,35,37)/t29-/m1/s1. The first-order chi connectivity index (χ1) is 22.4. The first kappa shape index (κ1) is 43.7. The Kier molecular flexibility index (Phi) is 30.9. The van der Waals surface area contributed by atoms with Crippen LogP contribution in [0.3, 0.4) is 0 Å². The minimum atomic E-state index is -0.926. The molecule has 0 fully saturated rings. The van der Waals surface area contributed by atoms with E-state index in [1.54, 1.807) is 0 Å². The van der Waals surface area contributed by atoms with Gasteiger partial charge in [0.25, 0.3) is 0 Å². The van der Waals surface area contributed by atoms with E-state index < -0.39 is 5.54 Å². The molecule has 0 heterocycles. The number of carbonyl (C=O) groups excluding carboxylic acids is 2. The van der Waals surface area contributed by atoms with Crippen molar-refractivity contribution in [2.24, 2.45) is 5.73 Å². The molecule has 0 aliphatic heterocycles. The molecule has 0 aliphatic carbocycles. The SMILES string of the molecule is C#CCOCC(COCC)(COCC#C)NC(=O)CCOCCOCCOCCOCCOCCOCCNC(=O)CC[C@@H](C)N. The van der Waals surface area contributed by atoms with Crippen LogP contribution in [0.4, 0.5) is 0 Å². The third-order valence-corrected chi connectivity index (χ3v) is 5.84. The minimum absolute atomic E-state index is 0.0159. The van der Waals surface area contributed by atoms with E-state index in [2.05, 4.69) is 22.5 Å². The maximum absolute atomic E-state index is 12.6. The van der Waals surface area contributed by atoms with Gasteiger partial charge in [0.2, 0.25) is 11.8 Å². The summed E-state index contributed by atoms with van der Waals surface area (Å²) in [4.78, 5) is 24.2. The molecule has 14 heteroatoms. The number of amides is 2. The number of ether oxygens (including phenoxy) is 9. The number of rotatable bonds is 34. The molecule has 2 amide bonds. The second-order valence-electron chi connectivity index (χ2n) is 10.1.